The number of nitrogens with two attached hydrogens (primary N) is 1. The van der Waals surface area contributed by atoms with Gasteiger partial charge < -0.3 is 15.6 Å². The maximum absolute atomic E-state index is 11.7. The summed E-state index contributed by atoms with van der Waals surface area (Å²) in [6.45, 7) is 6.94. The van der Waals surface area contributed by atoms with Crippen molar-refractivity contribution in [3.05, 3.63) is 35.4 Å². The van der Waals surface area contributed by atoms with E-state index in [-0.39, 0.29) is 18.8 Å². The van der Waals surface area contributed by atoms with E-state index in [9.17, 15) is 9.59 Å². The summed E-state index contributed by atoms with van der Waals surface area (Å²) in [5.74, 6) is -1.33. The van der Waals surface area contributed by atoms with Gasteiger partial charge in [-0.25, -0.2) is 0 Å². The lowest BCUT2D eigenvalue weighted by atomic mass is 9.93. The van der Waals surface area contributed by atoms with Crippen LogP contribution in [0.4, 0.5) is 0 Å². The zero-order valence-electron chi connectivity index (χ0n) is 13.0. The molecular formula is C16H23NO4. The molecular weight excluding hydrogens is 270 g/mol. The van der Waals surface area contributed by atoms with Crippen LogP contribution in [0.2, 0.25) is 0 Å². The van der Waals surface area contributed by atoms with Gasteiger partial charge in [0.2, 0.25) is 0 Å². The molecule has 0 amide bonds. The first kappa shape index (κ1) is 17.2. The number of carboxylic acid groups (broad SMARTS) is 1. The van der Waals surface area contributed by atoms with Crippen LogP contribution in [0, 0.1) is 0 Å². The lowest BCUT2D eigenvalue weighted by Crippen LogP contribution is -2.46. The molecule has 1 aromatic carbocycles. The van der Waals surface area contributed by atoms with E-state index in [4.69, 9.17) is 15.6 Å². The summed E-state index contributed by atoms with van der Waals surface area (Å²) in [7, 11) is 0. The fraction of sp³-hybridized carbons (Fsp3) is 0.500. The summed E-state index contributed by atoms with van der Waals surface area (Å²) in [5, 5.41) is 9.00. The molecule has 0 fully saturated rings. The largest absolute Gasteiger partial charge is 0.480 e. The molecule has 0 spiro atoms. The highest BCUT2D eigenvalue weighted by molar-refractivity contribution is 5.78. The van der Waals surface area contributed by atoms with Crippen LogP contribution in [-0.2, 0) is 27.2 Å². The molecule has 0 radical (unpaired) electrons. The molecule has 0 aromatic heterocycles. The lowest BCUT2D eigenvalue weighted by molar-refractivity contribution is -0.154. The molecule has 1 unspecified atom stereocenters. The van der Waals surface area contributed by atoms with E-state index in [1.165, 1.54) is 6.92 Å². The number of esters is 1. The first-order chi connectivity index (χ1) is 9.49. The number of carbonyl (C=O) groups is 2. The summed E-state index contributed by atoms with van der Waals surface area (Å²) in [4.78, 5) is 22.7. The minimum absolute atomic E-state index is 0.191. The van der Waals surface area contributed by atoms with Crippen LogP contribution >= 0.6 is 0 Å². The van der Waals surface area contributed by atoms with E-state index in [0.29, 0.717) is 0 Å². The molecule has 0 bridgehead atoms. The van der Waals surface area contributed by atoms with E-state index in [1.807, 2.05) is 20.8 Å². The highest BCUT2D eigenvalue weighted by atomic mass is 16.6. The molecule has 1 aromatic rings. The standard InChI is InChI=1S/C16H23NO4/c1-15(2,3)21-13(18)9-11-5-7-12(8-6-11)10-16(4,17)14(19)20/h5-8H,9-10,17H2,1-4H3,(H,19,20). The zero-order chi connectivity index (χ0) is 16.3. The van der Waals surface area contributed by atoms with Crippen molar-refractivity contribution in [2.75, 3.05) is 0 Å². The number of carbonyl (C=O) groups excluding carboxylic acids is 1. The van der Waals surface area contributed by atoms with Crippen molar-refractivity contribution in [3.63, 3.8) is 0 Å². The summed E-state index contributed by atoms with van der Waals surface area (Å²) >= 11 is 0. The topological polar surface area (TPSA) is 89.6 Å². The van der Waals surface area contributed by atoms with Gasteiger partial charge in [-0.1, -0.05) is 24.3 Å². The molecule has 3 N–H and O–H groups in total. The molecule has 0 aliphatic carbocycles. The average Bonchev–Trinajstić information content (AvgIpc) is 2.28. The number of hydrogen-bond acceptors (Lipinski definition) is 4. The SMILES string of the molecule is CC(C)(C)OC(=O)Cc1ccc(CC(C)(N)C(=O)O)cc1. The average molecular weight is 293 g/mol. The highest BCUT2D eigenvalue weighted by Gasteiger charge is 2.28. The fourth-order valence-electron chi connectivity index (χ4n) is 1.82. The Morgan fingerprint density at radius 3 is 2.00 bits per heavy atom. The van der Waals surface area contributed by atoms with Gasteiger partial charge in [0, 0.05) is 6.42 Å². The van der Waals surface area contributed by atoms with Gasteiger partial charge in [0.15, 0.2) is 0 Å². The van der Waals surface area contributed by atoms with E-state index >= 15 is 0 Å². The van der Waals surface area contributed by atoms with E-state index in [0.717, 1.165) is 11.1 Å². The second-order valence-electron chi connectivity index (χ2n) is 6.48. The van der Waals surface area contributed by atoms with Crippen LogP contribution in [0.3, 0.4) is 0 Å². The Morgan fingerprint density at radius 2 is 1.57 bits per heavy atom. The molecule has 116 valence electrons. The van der Waals surface area contributed by atoms with Crippen LogP contribution in [0.5, 0.6) is 0 Å². The van der Waals surface area contributed by atoms with Crippen molar-refractivity contribution < 1.29 is 19.4 Å². The molecule has 21 heavy (non-hydrogen) atoms. The van der Waals surface area contributed by atoms with E-state index in [1.54, 1.807) is 24.3 Å². The highest BCUT2D eigenvalue weighted by Crippen LogP contribution is 2.14. The second-order valence-corrected chi connectivity index (χ2v) is 6.48. The van der Waals surface area contributed by atoms with E-state index < -0.39 is 17.1 Å². The Hall–Kier alpha value is -1.88. The number of ether oxygens (including phenoxy) is 1. The molecule has 0 saturated carbocycles. The molecule has 0 aliphatic rings. The monoisotopic (exact) mass is 293 g/mol. The number of carboxylic acids is 1. The van der Waals surface area contributed by atoms with Gasteiger partial charge in [0.1, 0.15) is 11.1 Å². The van der Waals surface area contributed by atoms with Crippen molar-refractivity contribution in [2.24, 2.45) is 5.73 Å². The molecule has 0 aliphatic heterocycles. The van der Waals surface area contributed by atoms with Crippen LogP contribution in [-0.4, -0.2) is 28.2 Å². The van der Waals surface area contributed by atoms with Crippen LogP contribution in [0.25, 0.3) is 0 Å². The number of benzene rings is 1. The smallest absolute Gasteiger partial charge is 0.323 e. The Labute approximate surface area is 125 Å². The van der Waals surface area contributed by atoms with E-state index in [2.05, 4.69) is 0 Å². The minimum Gasteiger partial charge on any atom is -0.480 e. The Morgan fingerprint density at radius 1 is 1.10 bits per heavy atom. The number of rotatable bonds is 5. The van der Waals surface area contributed by atoms with Crippen molar-refractivity contribution in [2.45, 2.75) is 51.7 Å². The van der Waals surface area contributed by atoms with Crippen molar-refractivity contribution >= 4 is 11.9 Å². The van der Waals surface area contributed by atoms with Gasteiger partial charge in [-0.05, 0) is 38.8 Å². The Kier molecular flexibility index (Phi) is 5.12. The Bertz CT molecular complexity index is 512. The summed E-state index contributed by atoms with van der Waals surface area (Å²) < 4.78 is 5.25. The predicted molar refractivity (Wildman–Crippen MR) is 79.9 cm³/mol. The summed E-state index contributed by atoms with van der Waals surface area (Å²) in [5.41, 5.74) is 5.54. The van der Waals surface area contributed by atoms with Gasteiger partial charge in [-0.15, -0.1) is 0 Å². The summed E-state index contributed by atoms with van der Waals surface area (Å²) in [6.07, 6.45) is 0.422. The van der Waals surface area contributed by atoms with Gasteiger partial charge in [-0.3, -0.25) is 9.59 Å². The van der Waals surface area contributed by atoms with Crippen LogP contribution in [0.1, 0.15) is 38.8 Å². The molecule has 5 nitrogen and oxygen atoms in total. The molecule has 0 heterocycles. The maximum Gasteiger partial charge on any atom is 0.323 e. The van der Waals surface area contributed by atoms with Crippen molar-refractivity contribution in [1.29, 1.82) is 0 Å². The molecule has 5 heteroatoms. The van der Waals surface area contributed by atoms with Gasteiger partial charge in [0.25, 0.3) is 0 Å². The third-order valence-corrected chi connectivity index (χ3v) is 2.85. The lowest BCUT2D eigenvalue weighted by Gasteiger charge is -2.20. The zero-order valence-corrected chi connectivity index (χ0v) is 13.0. The van der Waals surface area contributed by atoms with Gasteiger partial charge >= 0.3 is 11.9 Å². The summed E-state index contributed by atoms with van der Waals surface area (Å²) in [6, 6.07) is 7.15. The third-order valence-electron chi connectivity index (χ3n) is 2.85. The fourth-order valence-corrected chi connectivity index (χ4v) is 1.82. The molecule has 1 rings (SSSR count). The third kappa shape index (κ3) is 5.95. The minimum atomic E-state index is -1.30. The predicted octanol–water partition coefficient (Wildman–Crippen LogP) is 1.92. The number of hydrogen-bond donors (Lipinski definition) is 2. The normalized spacial score (nSPS) is 14.3. The number of aliphatic carboxylic acids is 1. The molecule has 0 saturated heterocycles. The first-order valence-corrected chi connectivity index (χ1v) is 6.81. The second kappa shape index (κ2) is 6.26. The van der Waals surface area contributed by atoms with Crippen molar-refractivity contribution in [3.8, 4) is 0 Å². The van der Waals surface area contributed by atoms with Gasteiger partial charge in [-0.2, -0.15) is 0 Å². The van der Waals surface area contributed by atoms with Crippen LogP contribution < -0.4 is 5.73 Å². The van der Waals surface area contributed by atoms with Crippen LogP contribution in [0.15, 0.2) is 24.3 Å². The molecule has 1 atom stereocenters. The van der Waals surface area contributed by atoms with Crippen molar-refractivity contribution in [1.82, 2.24) is 0 Å². The quantitative estimate of drug-likeness (QED) is 0.809. The van der Waals surface area contributed by atoms with Gasteiger partial charge in [0.05, 0.1) is 6.42 Å². The first-order valence-electron chi connectivity index (χ1n) is 6.81. The Balaban J connectivity index is 2.67. The maximum atomic E-state index is 11.7.